The maximum atomic E-state index is 11.9. The molecule has 2 rings (SSSR count). The first-order valence-electron chi connectivity index (χ1n) is 7.49. The number of carbonyl (C=O) groups excluding carboxylic acids is 1. The Labute approximate surface area is 115 Å². The molecule has 0 spiro atoms. The van der Waals surface area contributed by atoms with Crippen LogP contribution in [0.2, 0.25) is 0 Å². The molecule has 2 aliphatic rings. The number of hydrogen-bond donors (Lipinski definition) is 2. The average Bonchev–Trinajstić information content (AvgIpc) is 3.07. The molecule has 1 aliphatic heterocycles. The van der Waals surface area contributed by atoms with Gasteiger partial charge in [0.05, 0.1) is 12.6 Å². The topological polar surface area (TPSA) is 67.6 Å². The molecule has 5 nitrogen and oxygen atoms in total. The van der Waals surface area contributed by atoms with Crippen LogP contribution in [-0.4, -0.2) is 56.2 Å². The first-order chi connectivity index (χ1) is 9.20. The van der Waals surface area contributed by atoms with E-state index in [1.807, 2.05) is 7.05 Å². The molecule has 1 heterocycles. The van der Waals surface area contributed by atoms with E-state index in [-0.39, 0.29) is 12.0 Å². The van der Waals surface area contributed by atoms with Crippen molar-refractivity contribution in [3.8, 4) is 0 Å². The molecule has 1 saturated carbocycles. The zero-order chi connectivity index (χ0) is 13.7. The lowest BCUT2D eigenvalue weighted by Gasteiger charge is -2.28. The van der Waals surface area contributed by atoms with Crippen molar-refractivity contribution in [3.05, 3.63) is 0 Å². The normalized spacial score (nSPS) is 31.0. The molecule has 1 aliphatic carbocycles. The number of rotatable bonds is 6. The fourth-order valence-electron chi connectivity index (χ4n) is 3.31. The van der Waals surface area contributed by atoms with Crippen molar-refractivity contribution in [1.82, 2.24) is 10.2 Å². The molecule has 0 aromatic heterocycles. The van der Waals surface area contributed by atoms with Crippen LogP contribution in [0.3, 0.4) is 0 Å². The van der Waals surface area contributed by atoms with Gasteiger partial charge >= 0.3 is 0 Å². The molecule has 2 fully saturated rings. The summed E-state index contributed by atoms with van der Waals surface area (Å²) in [5.41, 5.74) is 5.79. The minimum Gasteiger partial charge on any atom is -0.376 e. The number of hydrogen-bond acceptors (Lipinski definition) is 4. The zero-order valence-corrected chi connectivity index (χ0v) is 11.9. The van der Waals surface area contributed by atoms with Gasteiger partial charge in [-0.3, -0.25) is 9.69 Å². The summed E-state index contributed by atoms with van der Waals surface area (Å²) < 4.78 is 5.50. The van der Waals surface area contributed by atoms with Gasteiger partial charge in [0.15, 0.2) is 0 Å². The Bertz CT molecular complexity index is 292. The highest BCUT2D eigenvalue weighted by Crippen LogP contribution is 2.28. The second-order valence-electron chi connectivity index (χ2n) is 5.85. The fourth-order valence-corrected chi connectivity index (χ4v) is 3.31. The minimum absolute atomic E-state index is 0.0978. The summed E-state index contributed by atoms with van der Waals surface area (Å²) in [4.78, 5) is 14.1. The molecule has 19 heavy (non-hydrogen) atoms. The van der Waals surface area contributed by atoms with Gasteiger partial charge in [-0.1, -0.05) is 6.42 Å². The van der Waals surface area contributed by atoms with Crippen LogP contribution >= 0.6 is 0 Å². The molecule has 0 radical (unpaired) electrons. The Balaban J connectivity index is 1.68. The highest BCUT2D eigenvalue weighted by atomic mass is 16.5. The van der Waals surface area contributed by atoms with E-state index in [2.05, 4.69) is 10.2 Å². The molecule has 3 atom stereocenters. The summed E-state index contributed by atoms with van der Waals surface area (Å²) >= 11 is 0. The first kappa shape index (κ1) is 14.8. The Morgan fingerprint density at radius 2 is 2.21 bits per heavy atom. The monoisotopic (exact) mass is 269 g/mol. The van der Waals surface area contributed by atoms with Crippen LogP contribution in [0.4, 0.5) is 0 Å². The van der Waals surface area contributed by atoms with Gasteiger partial charge in [-0.2, -0.15) is 0 Å². The molecule has 0 aromatic carbocycles. The largest absolute Gasteiger partial charge is 0.376 e. The Morgan fingerprint density at radius 1 is 1.37 bits per heavy atom. The number of likely N-dealkylation sites (N-methyl/N-ethyl adjacent to an activating group) is 1. The smallest absolute Gasteiger partial charge is 0.234 e. The van der Waals surface area contributed by atoms with Crippen molar-refractivity contribution in [2.75, 3.05) is 33.3 Å². The summed E-state index contributed by atoms with van der Waals surface area (Å²) in [6.07, 6.45) is 5.99. The van der Waals surface area contributed by atoms with Crippen LogP contribution in [0.25, 0.3) is 0 Å². The molecular formula is C14H27N3O2. The highest BCUT2D eigenvalue weighted by molar-refractivity contribution is 5.78. The standard InChI is InChI=1S/C14H27N3O2/c1-17(13-6-2-4-11(13)8-15)10-14(18)16-9-12-5-3-7-19-12/h11-13H,2-10,15H2,1H3,(H,16,18). The predicted octanol–water partition coefficient (Wildman–Crippen LogP) is 0.341. The van der Waals surface area contributed by atoms with Crippen molar-refractivity contribution in [2.24, 2.45) is 11.7 Å². The van der Waals surface area contributed by atoms with Crippen LogP contribution in [0.15, 0.2) is 0 Å². The van der Waals surface area contributed by atoms with Gasteiger partial charge in [-0.05, 0) is 45.2 Å². The molecule has 3 unspecified atom stereocenters. The van der Waals surface area contributed by atoms with Crippen LogP contribution in [-0.2, 0) is 9.53 Å². The Morgan fingerprint density at radius 3 is 2.89 bits per heavy atom. The molecule has 1 amide bonds. The molecule has 0 aromatic rings. The third kappa shape index (κ3) is 4.16. The van der Waals surface area contributed by atoms with Gasteiger partial charge in [0.2, 0.25) is 5.91 Å². The number of nitrogens with one attached hydrogen (secondary N) is 1. The van der Waals surface area contributed by atoms with Crippen molar-refractivity contribution in [2.45, 2.75) is 44.2 Å². The number of amides is 1. The van der Waals surface area contributed by atoms with E-state index < -0.39 is 0 Å². The highest BCUT2D eigenvalue weighted by Gasteiger charge is 2.30. The molecule has 110 valence electrons. The van der Waals surface area contributed by atoms with E-state index in [0.717, 1.165) is 32.4 Å². The van der Waals surface area contributed by atoms with E-state index in [1.165, 1.54) is 12.8 Å². The Kier molecular flexibility index (Phi) is 5.60. The van der Waals surface area contributed by atoms with E-state index >= 15 is 0 Å². The van der Waals surface area contributed by atoms with Crippen LogP contribution in [0.5, 0.6) is 0 Å². The summed E-state index contributed by atoms with van der Waals surface area (Å²) in [7, 11) is 2.03. The van der Waals surface area contributed by atoms with E-state index in [9.17, 15) is 4.79 Å². The number of nitrogens with two attached hydrogens (primary N) is 1. The first-order valence-corrected chi connectivity index (χ1v) is 7.49. The van der Waals surface area contributed by atoms with Gasteiger partial charge < -0.3 is 15.8 Å². The molecule has 0 bridgehead atoms. The van der Waals surface area contributed by atoms with E-state index in [4.69, 9.17) is 10.5 Å². The maximum absolute atomic E-state index is 11.9. The summed E-state index contributed by atoms with van der Waals surface area (Å²) in [6.45, 7) is 2.68. The summed E-state index contributed by atoms with van der Waals surface area (Å²) in [5.74, 6) is 0.650. The van der Waals surface area contributed by atoms with Gasteiger partial charge in [0, 0.05) is 19.2 Å². The van der Waals surface area contributed by atoms with E-state index in [1.54, 1.807) is 0 Å². The van der Waals surface area contributed by atoms with Gasteiger partial charge in [-0.15, -0.1) is 0 Å². The quantitative estimate of drug-likeness (QED) is 0.730. The Hall–Kier alpha value is -0.650. The van der Waals surface area contributed by atoms with Crippen molar-refractivity contribution in [1.29, 1.82) is 0 Å². The zero-order valence-electron chi connectivity index (χ0n) is 11.9. The number of carbonyl (C=O) groups is 1. The number of ether oxygens (including phenoxy) is 1. The molecular weight excluding hydrogens is 242 g/mol. The van der Waals surface area contributed by atoms with Gasteiger partial charge in [0.1, 0.15) is 0 Å². The van der Waals surface area contributed by atoms with Crippen molar-refractivity contribution < 1.29 is 9.53 Å². The lowest BCUT2D eigenvalue weighted by atomic mass is 10.0. The molecule has 5 heteroatoms. The summed E-state index contributed by atoms with van der Waals surface area (Å²) in [6, 6.07) is 0.471. The average molecular weight is 269 g/mol. The maximum Gasteiger partial charge on any atom is 0.234 e. The fraction of sp³-hybridized carbons (Fsp3) is 0.929. The third-order valence-electron chi connectivity index (χ3n) is 4.43. The number of nitrogens with zero attached hydrogens (tertiary/aromatic N) is 1. The van der Waals surface area contributed by atoms with Crippen molar-refractivity contribution in [3.63, 3.8) is 0 Å². The lowest BCUT2D eigenvalue weighted by Crippen LogP contribution is -2.44. The van der Waals surface area contributed by atoms with Crippen molar-refractivity contribution >= 4 is 5.91 Å². The second kappa shape index (κ2) is 7.22. The van der Waals surface area contributed by atoms with Crippen LogP contribution in [0.1, 0.15) is 32.1 Å². The predicted molar refractivity (Wildman–Crippen MR) is 74.8 cm³/mol. The van der Waals surface area contributed by atoms with E-state index in [0.29, 0.717) is 25.0 Å². The molecule has 1 saturated heterocycles. The minimum atomic E-state index is 0.0978. The van der Waals surface area contributed by atoms with Gasteiger partial charge in [0.25, 0.3) is 0 Å². The second-order valence-corrected chi connectivity index (χ2v) is 5.85. The lowest BCUT2D eigenvalue weighted by molar-refractivity contribution is -0.123. The van der Waals surface area contributed by atoms with Gasteiger partial charge in [-0.25, -0.2) is 0 Å². The van der Waals surface area contributed by atoms with Crippen LogP contribution < -0.4 is 11.1 Å². The third-order valence-corrected chi connectivity index (χ3v) is 4.43. The summed E-state index contributed by atoms with van der Waals surface area (Å²) in [5, 5.41) is 2.97. The van der Waals surface area contributed by atoms with Crippen LogP contribution in [0, 0.1) is 5.92 Å². The molecule has 3 N–H and O–H groups in total. The SMILES string of the molecule is CN(CC(=O)NCC1CCCO1)C1CCCC1CN.